The van der Waals surface area contributed by atoms with Crippen molar-refractivity contribution in [3.8, 4) is 11.5 Å². The molecular weight excluding hydrogens is 577 g/mol. The number of halogens is 5. The molecular formula is C30H16F5N3O3S. The SMILES string of the molecule is C=C(O)c1cccc(-c2nc3c(C4SC(c5ccc(F)c(F)c5)=NN4C(=O)c4c(F)cc(F)cc4F)cccc3o2)c1. The zero-order valence-corrected chi connectivity index (χ0v) is 21.9. The van der Waals surface area contributed by atoms with Crippen LogP contribution in [0.1, 0.15) is 32.4 Å². The summed E-state index contributed by atoms with van der Waals surface area (Å²) in [6, 6.07) is 15.2. The number of hydrogen-bond donors (Lipinski definition) is 1. The van der Waals surface area contributed by atoms with Gasteiger partial charge >= 0.3 is 0 Å². The second-order valence-electron chi connectivity index (χ2n) is 9.14. The number of hydrazone groups is 1. The van der Waals surface area contributed by atoms with Crippen molar-refractivity contribution in [2.45, 2.75) is 5.37 Å². The molecule has 6 nitrogen and oxygen atoms in total. The maximum atomic E-state index is 14.7. The first-order valence-electron chi connectivity index (χ1n) is 12.2. The van der Waals surface area contributed by atoms with Gasteiger partial charge in [-0.2, -0.15) is 5.10 Å². The number of oxazole rings is 1. The van der Waals surface area contributed by atoms with Crippen LogP contribution in [0.3, 0.4) is 0 Å². The molecule has 42 heavy (non-hydrogen) atoms. The molecule has 5 aromatic rings. The van der Waals surface area contributed by atoms with Gasteiger partial charge in [0, 0.05) is 34.4 Å². The minimum Gasteiger partial charge on any atom is -0.508 e. The quantitative estimate of drug-likeness (QED) is 0.165. The van der Waals surface area contributed by atoms with Gasteiger partial charge in [-0.15, -0.1) is 0 Å². The van der Waals surface area contributed by atoms with Crippen molar-refractivity contribution in [3.05, 3.63) is 131 Å². The van der Waals surface area contributed by atoms with E-state index in [1.165, 1.54) is 6.07 Å². The molecule has 6 rings (SSSR count). The molecule has 0 fully saturated rings. The summed E-state index contributed by atoms with van der Waals surface area (Å²) in [5.41, 5.74) is 0.909. The second kappa shape index (κ2) is 10.5. The monoisotopic (exact) mass is 593 g/mol. The van der Waals surface area contributed by atoms with Gasteiger partial charge in [0.25, 0.3) is 5.91 Å². The summed E-state index contributed by atoms with van der Waals surface area (Å²) in [5, 5.41) is 13.7. The lowest BCUT2D eigenvalue weighted by atomic mass is 10.1. The third kappa shape index (κ3) is 4.79. The molecule has 4 aromatic carbocycles. The van der Waals surface area contributed by atoms with Crippen LogP contribution in [-0.4, -0.2) is 26.1 Å². The average Bonchev–Trinajstić information content (AvgIpc) is 3.59. The Kier molecular flexibility index (Phi) is 6.77. The minimum absolute atomic E-state index is 0.0464. The van der Waals surface area contributed by atoms with Crippen LogP contribution in [0.25, 0.3) is 28.3 Å². The number of fused-ring (bicyclic) bond motifs is 1. The number of hydrogen-bond acceptors (Lipinski definition) is 6. The number of benzene rings is 4. The predicted octanol–water partition coefficient (Wildman–Crippen LogP) is 7.97. The summed E-state index contributed by atoms with van der Waals surface area (Å²) in [5.74, 6) is -7.59. The molecule has 1 aliphatic rings. The molecule has 0 aliphatic carbocycles. The Morgan fingerprint density at radius 3 is 2.33 bits per heavy atom. The lowest BCUT2D eigenvalue weighted by Gasteiger charge is -2.21. The largest absolute Gasteiger partial charge is 0.508 e. The van der Waals surface area contributed by atoms with Crippen LogP contribution < -0.4 is 0 Å². The third-order valence-electron chi connectivity index (χ3n) is 6.40. The normalized spacial score (nSPS) is 14.8. The van der Waals surface area contributed by atoms with Gasteiger partial charge in [-0.1, -0.05) is 42.6 Å². The first kappa shape index (κ1) is 27.2. The van der Waals surface area contributed by atoms with Gasteiger partial charge in [0.15, 0.2) is 17.2 Å². The Morgan fingerprint density at radius 1 is 0.881 bits per heavy atom. The summed E-state index contributed by atoms with van der Waals surface area (Å²) in [6.45, 7) is 3.51. The maximum Gasteiger partial charge on any atom is 0.281 e. The highest BCUT2D eigenvalue weighted by Crippen LogP contribution is 2.45. The summed E-state index contributed by atoms with van der Waals surface area (Å²) in [6.07, 6.45) is 0. The Labute approximate surface area is 238 Å². The Bertz CT molecular complexity index is 1940. The fourth-order valence-corrected chi connectivity index (χ4v) is 5.59. The van der Waals surface area contributed by atoms with Crippen molar-refractivity contribution < 1.29 is 36.3 Å². The van der Waals surface area contributed by atoms with Gasteiger partial charge in [0.2, 0.25) is 5.89 Å². The van der Waals surface area contributed by atoms with E-state index in [1.54, 1.807) is 42.5 Å². The molecule has 2 heterocycles. The van der Waals surface area contributed by atoms with E-state index in [2.05, 4.69) is 16.7 Å². The number of carbonyl (C=O) groups excluding carboxylic acids is 1. The van der Waals surface area contributed by atoms with E-state index in [-0.39, 0.29) is 27.8 Å². The van der Waals surface area contributed by atoms with Crippen LogP contribution in [0.4, 0.5) is 22.0 Å². The molecule has 0 saturated carbocycles. The van der Waals surface area contributed by atoms with Crippen LogP contribution in [0, 0.1) is 29.1 Å². The Balaban J connectivity index is 1.48. The van der Waals surface area contributed by atoms with E-state index >= 15 is 0 Å². The van der Waals surface area contributed by atoms with Crippen molar-refractivity contribution in [1.29, 1.82) is 0 Å². The summed E-state index contributed by atoms with van der Waals surface area (Å²) in [4.78, 5) is 18.1. The zero-order valence-electron chi connectivity index (χ0n) is 21.1. The fourth-order valence-electron chi connectivity index (χ4n) is 4.42. The third-order valence-corrected chi connectivity index (χ3v) is 7.62. The molecule has 0 saturated heterocycles. The lowest BCUT2D eigenvalue weighted by Crippen LogP contribution is -2.28. The van der Waals surface area contributed by atoms with Crippen molar-refractivity contribution in [2.24, 2.45) is 5.10 Å². The van der Waals surface area contributed by atoms with E-state index in [0.717, 1.165) is 28.9 Å². The van der Waals surface area contributed by atoms with Gasteiger partial charge in [-0.25, -0.2) is 31.9 Å². The van der Waals surface area contributed by atoms with Gasteiger partial charge in [0.1, 0.15) is 44.7 Å². The molecule has 1 amide bonds. The van der Waals surface area contributed by atoms with Crippen LogP contribution in [0.15, 0.2) is 88.9 Å². The molecule has 12 heteroatoms. The summed E-state index contributed by atoms with van der Waals surface area (Å²) >= 11 is 0.924. The second-order valence-corrected chi connectivity index (χ2v) is 10.2. The van der Waals surface area contributed by atoms with Crippen LogP contribution in [-0.2, 0) is 0 Å². The zero-order chi connectivity index (χ0) is 29.7. The lowest BCUT2D eigenvalue weighted by molar-refractivity contribution is 0.0739. The molecule has 1 unspecified atom stereocenters. The van der Waals surface area contributed by atoms with Crippen molar-refractivity contribution in [3.63, 3.8) is 0 Å². The standard InChI is InChI=1S/C30H16F5N3O3S/c1-14(39)15-4-2-5-16(10-15)27-36-26-19(6-3-7-24(26)41-27)30-38(29(40)25-22(34)12-18(31)13-23(25)35)37-28(42-30)17-8-9-20(32)21(33)11-17/h2-13,30,39H,1H2. The molecule has 0 spiro atoms. The highest BCUT2D eigenvalue weighted by atomic mass is 32.2. The first-order valence-corrected chi connectivity index (χ1v) is 13.1. The van der Waals surface area contributed by atoms with Crippen LogP contribution in [0.5, 0.6) is 0 Å². The van der Waals surface area contributed by atoms with Crippen molar-refractivity contribution in [2.75, 3.05) is 0 Å². The molecule has 0 radical (unpaired) electrons. The highest BCUT2D eigenvalue weighted by molar-refractivity contribution is 8.14. The van der Waals surface area contributed by atoms with E-state index in [9.17, 15) is 31.9 Å². The van der Waals surface area contributed by atoms with Crippen LogP contribution >= 0.6 is 11.8 Å². The number of aliphatic hydroxyl groups is 1. The average molecular weight is 594 g/mol. The highest BCUT2D eigenvalue weighted by Gasteiger charge is 2.38. The van der Waals surface area contributed by atoms with Gasteiger partial charge in [-0.05, 0) is 36.4 Å². The number of rotatable bonds is 5. The van der Waals surface area contributed by atoms with Crippen molar-refractivity contribution >= 4 is 39.6 Å². The van der Waals surface area contributed by atoms with Crippen molar-refractivity contribution in [1.82, 2.24) is 9.99 Å². The minimum atomic E-state index is -1.44. The van der Waals surface area contributed by atoms with E-state index in [1.807, 2.05) is 0 Å². The number of aromatic nitrogens is 1. The summed E-state index contributed by atoms with van der Waals surface area (Å²) in [7, 11) is 0. The fraction of sp³-hybridized carbons (Fsp3) is 0.0333. The molecule has 1 aliphatic heterocycles. The molecule has 1 N–H and O–H groups in total. The molecule has 0 bridgehead atoms. The molecule has 1 atom stereocenters. The van der Waals surface area contributed by atoms with Crippen LogP contribution in [0.2, 0.25) is 0 Å². The van der Waals surface area contributed by atoms with Gasteiger partial charge in [-0.3, -0.25) is 4.79 Å². The summed E-state index contributed by atoms with van der Waals surface area (Å²) < 4.78 is 76.6. The smallest absolute Gasteiger partial charge is 0.281 e. The van der Waals surface area contributed by atoms with Gasteiger partial charge < -0.3 is 9.52 Å². The topological polar surface area (TPSA) is 78.9 Å². The number of para-hydroxylation sites is 1. The maximum absolute atomic E-state index is 14.7. The number of amides is 1. The van der Waals surface area contributed by atoms with E-state index in [0.29, 0.717) is 34.4 Å². The van der Waals surface area contributed by atoms with Gasteiger partial charge in [0.05, 0.1) is 0 Å². The number of aliphatic hydroxyl groups excluding tert-OH is 1. The number of thioether (sulfide) groups is 1. The number of nitrogens with zero attached hydrogens (tertiary/aromatic N) is 3. The molecule has 1 aromatic heterocycles. The van der Waals surface area contributed by atoms with E-state index < -0.39 is 45.9 Å². The Hall–Kier alpha value is -4.97. The Morgan fingerprint density at radius 2 is 1.62 bits per heavy atom. The first-order chi connectivity index (χ1) is 20.1. The number of carbonyl (C=O) groups is 1. The van der Waals surface area contributed by atoms with E-state index in [4.69, 9.17) is 4.42 Å². The predicted molar refractivity (Wildman–Crippen MR) is 147 cm³/mol. The molecule has 210 valence electrons.